The van der Waals surface area contributed by atoms with Gasteiger partial charge in [0, 0.05) is 38.1 Å². The SMILES string of the molecule is CC.CN1CCn2cccc2C12CNC2. The van der Waals surface area contributed by atoms with Gasteiger partial charge in [0.15, 0.2) is 0 Å². The molecule has 1 aromatic rings. The normalized spacial score (nSPS) is 22.6. The van der Waals surface area contributed by atoms with Crippen LogP contribution < -0.4 is 5.32 Å². The Labute approximate surface area is 92.1 Å². The van der Waals surface area contributed by atoms with Crippen molar-refractivity contribution >= 4 is 0 Å². The molecule has 15 heavy (non-hydrogen) atoms. The Morgan fingerprint density at radius 3 is 2.60 bits per heavy atom. The van der Waals surface area contributed by atoms with E-state index < -0.39 is 0 Å². The first-order valence-electron chi connectivity index (χ1n) is 5.90. The van der Waals surface area contributed by atoms with E-state index in [9.17, 15) is 0 Å². The van der Waals surface area contributed by atoms with Gasteiger partial charge in [-0.15, -0.1) is 0 Å². The number of nitrogens with one attached hydrogen (secondary N) is 1. The third-order valence-corrected chi connectivity index (χ3v) is 3.55. The predicted molar refractivity (Wildman–Crippen MR) is 63.0 cm³/mol. The highest BCUT2D eigenvalue weighted by Gasteiger charge is 2.45. The zero-order chi connectivity index (χ0) is 10.9. The largest absolute Gasteiger partial charge is 0.348 e. The Kier molecular flexibility index (Phi) is 2.85. The molecule has 3 rings (SSSR count). The average Bonchev–Trinajstić information content (AvgIpc) is 2.66. The summed E-state index contributed by atoms with van der Waals surface area (Å²) >= 11 is 0. The number of nitrogens with zero attached hydrogens (tertiary/aromatic N) is 2. The Morgan fingerprint density at radius 2 is 2.00 bits per heavy atom. The molecule has 0 aliphatic carbocycles. The van der Waals surface area contributed by atoms with Crippen LogP contribution in [0, 0.1) is 0 Å². The molecular weight excluding hydrogens is 186 g/mol. The van der Waals surface area contributed by atoms with Crippen LogP contribution in [0.1, 0.15) is 19.5 Å². The number of aromatic nitrogens is 1. The van der Waals surface area contributed by atoms with Crippen LogP contribution in [-0.2, 0) is 12.1 Å². The highest BCUT2D eigenvalue weighted by molar-refractivity contribution is 5.25. The molecular formula is C12H21N3. The monoisotopic (exact) mass is 207 g/mol. The molecule has 1 spiro atoms. The van der Waals surface area contributed by atoms with Crippen LogP contribution in [0.2, 0.25) is 0 Å². The van der Waals surface area contributed by atoms with Crippen molar-refractivity contribution in [1.82, 2.24) is 14.8 Å². The number of likely N-dealkylation sites (N-methyl/N-ethyl adjacent to an activating group) is 1. The summed E-state index contributed by atoms with van der Waals surface area (Å²) in [6.45, 7) is 8.52. The Balaban J connectivity index is 0.000000404. The summed E-state index contributed by atoms with van der Waals surface area (Å²) in [6, 6.07) is 4.42. The summed E-state index contributed by atoms with van der Waals surface area (Å²) in [6.07, 6.45) is 2.20. The molecule has 0 radical (unpaired) electrons. The maximum atomic E-state index is 3.38. The van der Waals surface area contributed by atoms with Crippen molar-refractivity contribution in [1.29, 1.82) is 0 Å². The molecule has 1 saturated heterocycles. The van der Waals surface area contributed by atoms with Crippen molar-refractivity contribution < 1.29 is 0 Å². The molecule has 1 aromatic heterocycles. The van der Waals surface area contributed by atoms with Crippen molar-refractivity contribution in [3.8, 4) is 0 Å². The van der Waals surface area contributed by atoms with Gasteiger partial charge in [-0.3, -0.25) is 4.90 Å². The first kappa shape index (κ1) is 10.7. The second kappa shape index (κ2) is 3.99. The van der Waals surface area contributed by atoms with Crippen molar-refractivity contribution in [2.24, 2.45) is 0 Å². The second-order valence-corrected chi connectivity index (χ2v) is 4.14. The molecule has 84 valence electrons. The highest BCUT2D eigenvalue weighted by Crippen LogP contribution is 2.34. The molecule has 2 aliphatic heterocycles. The summed E-state index contributed by atoms with van der Waals surface area (Å²) in [7, 11) is 2.23. The molecule has 1 N–H and O–H groups in total. The second-order valence-electron chi connectivity index (χ2n) is 4.14. The van der Waals surface area contributed by atoms with Crippen LogP contribution in [0.5, 0.6) is 0 Å². The Hall–Kier alpha value is -0.800. The van der Waals surface area contributed by atoms with E-state index in [-0.39, 0.29) is 0 Å². The lowest BCUT2D eigenvalue weighted by molar-refractivity contribution is 0.0291. The number of hydrogen-bond acceptors (Lipinski definition) is 2. The average molecular weight is 207 g/mol. The van der Waals surface area contributed by atoms with Crippen LogP contribution in [0.25, 0.3) is 0 Å². The van der Waals surface area contributed by atoms with E-state index >= 15 is 0 Å². The number of hydrogen-bond donors (Lipinski definition) is 1. The van der Waals surface area contributed by atoms with E-state index in [1.54, 1.807) is 0 Å². The zero-order valence-electron chi connectivity index (χ0n) is 9.95. The fraction of sp³-hybridized carbons (Fsp3) is 0.667. The summed E-state index contributed by atoms with van der Waals surface area (Å²) in [4.78, 5) is 2.48. The third kappa shape index (κ3) is 1.42. The van der Waals surface area contributed by atoms with Crippen molar-refractivity contribution in [3.63, 3.8) is 0 Å². The first-order chi connectivity index (χ1) is 7.33. The van der Waals surface area contributed by atoms with Gasteiger partial charge in [-0.05, 0) is 19.2 Å². The standard InChI is InChI=1S/C10H15N3.C2H6/c1-12-5-6-13-4-2-3-9(13)10(12)7-11-8-10;1-2/h2-4,11H,5-8H2,1H3;1-2H3. The van der Waals surface area contributed by atoms with E-state index in [0.29, 0.717) is 5.54 Å². The molecule has 3 heterocycles. The van der Waals surface area contributed by atoms with Gasteiger partial charge in [-0.2, -0.15) is 0 Å². The van der Waals surface area contributed by atoms with Crippen molar-refractivity contribution in [3.05, 3.63) is 24.0 Å². The smallest absolute Gasteiger partial charge is 0.0863 e. The molecule has 0 unspecified atom stereocenters. The maximum absolute atomic E-state index is 3.38. The predicted octanol–water partition coefficient (Wildman–Crippen LogP) is 1.26. The van der Waals surface area contributed by atoms with Crippen LogP contribution in [0.4, 0.5) is 0 Å². The molecule has 0 atom stereocenters. The van der Waals surface area contributed by atoms with Gasteiger partial charge in [0.1, 0.15) is 0 Å². The minimum Gasteiger partial charge on any atom is -0.348 e. The first-order valence-corrected chi connectivity index (χ1v) is 5.90. The quantitative estimate of drug-likeness (QED) is 0.691. The molecule has 0 amide bonds. The lowest BCUT2D eigenvalue weighted by atomic mass is 9.85. The summed E-state index contributed by atoms with van der Waals surface area (Å²) in [5.41, 5.74) is 1.79. The molecule has 0 bridgehead atoms. The van der Waals surface area contributed by atoms with Crippen LogP contribution in [0.3, 0.4) is 0 Å². The lowest BCUT2D eigenvalue weighted by Crippen LogP contribution is -2.68. The van der Waals surface area contributed by atoms with Gasteiger partial charge in [0.2, 0.25) is 0 Å². The molecule has 2 aliphatic rings. The van der Waals surface area contributed by atoms with Gasteiger partial charge in [-0.25, -0.2) is 0 Å². The van der Waals surface area contributed by atoms with E-state index in [1.807, 2.05) is 13.8 Å². The van der Waals surface area contributed by atoms with Crippen molar-refractivity contribution in [2.45, 2.75) is 25.9 Å². The minimum absolute atomic E-state index is 0.307. The molecule has 0 saturated carbocycles. The van der Waals surface area contributed by atoms with E-state index in [2.05, 4.69) is 40.2 Å². The van der Waals surface area contributed by atoms with Crippen molar-refractivity contribution in [2.75, 3.05) is 26.7 Å². The maximum Gasteiger partial charge on any atom is 0.0863 e. The molecule has 1 fully saturated rings. The Bertz CT molecular complexity index is 325. The third-order valence-electron chi connectivity index (χ3n) is 3.55. The summed E-state index contributed by atoms with van der Waals surface area (Å²) < 4.78 is 2.39. The number of rotatable bonds is 0. The van der Waals surface area contributed by atoms with Gasteiger partial charge in [-0.1, -0.05) is 13.8 Å². The molecule has 3 heteroatoms. The van der Waals surface area contributed by atoms with E-state index in [4.69, 9.17) is 0 Å². The van der Waals surface area contributed by atoms with Crippen LogP contribution in [-0.4, -0.2) is 36.1 Å². The van der Waals surface area contributed by atoms with E-state index in [1.165, 1.54) is 12.2 Å². The van der Waals surface area contributed by atoms with Gasteiger partial charge < -0.3 is 9.88 Å². The van der Waals surface area contributed by atoms with Gasteiger partial charge in [0.25, 0.3) is 0 Å². The summed E-state index contributed by atoms with van der Waals surface area (Å²) in [5.74, 6) is 0. The zero-order valence-corrected chi connectivity index (χ0v) is 9.95. The summed E-state index contributed by atoms with van der Waals surface area (Å²) in [5, 5.41) is 3.38. The number of fused-ring (bicyclic) bond motifs is 2. The highest BCUT2D eigenvalue weighted by atomic mass is 15.3. The van der Waals surface area contributed by atoms with Crippen LogP contribution in [0.15, 0.2) is 18.3 Å². The topological polar surface area (TPSA) is 20.2 Å². The fourth-order valence-corrected chi connectivity index (χ4v) is 2.51. The van der Waals surface area contributed by atoms with Gasteiger partial charge in [0.05, 0.1) is 5.54 Å². The van der Waals surface area contributed by atoms with E-state index in [0.717, 1.165) is 19.6 Å². The molecule has 3 nitrogen and oxygen atoms in total. The molecule has 0 aromatic carbocycles. The van der Waals surface area contributed by atoms with Crippen LogP contribution >= 0.6 is 0 Å². The minimum atomic E-state index is 0.307. The lowest BCUT2D eigenvalue weighted by Gasteiger charge is -2.52. The fourth-order valence-electron chi connectivity index (χ4n) is 2.51. The Morgan fingerprint density at radius 1 is 1.27 bits per heavy atom. The van der Waals surface area contributed by atoms with Gasteiger partial charge >= 0.3 is 0 Å².